The molecule has 4 rings (SSSR count). The molecule has 0 aliphatic carbocycles. The van der Waals surface area contributed by atoms with E-state index in [-0.39, 0.29) is 17.4 Å². The Kier molecular flexibility index (Phi) is 4.79. The maximum Gasteiger partial charge on any atom is 0.284 e. The number of benzene rings is 2. The molecule has 140 valence electrons. The summed E-state index contributed by atoms with van der Waals surface area (Å²) in [5, 5.41) is 0. The van der Waals surface area contributed by atoms with Crippen molar-refractivity contribution in [3.8, 4) is 21.6 Å². The van der Waals surface area contributed by atoms with Crippen LogP contribution in [0.2, 0.25) is 0 Å². The zero-order chi connectivity index (χ0) is 19.7. The highest BCUT2D eigenvalue weighted by Gasteiger charge is 2.20. The Morgan fingerprint density at radius 3 is 2.46 bits per heavy atom. The number of furan rings is 1. The summed E-state index contributed by atoms with van der Waals surface area (Å²) in [6.07, 6.45) is 1.84. The highest BCUT2D eigenvalue weighted by atomic mass is 32.1. The van der Waals surface area contributed by atoms with Crippen LogP contribution < -0.4 is 5.73 Å². The third kappa shape index (κ3) is 3.59. The van der Waals surface area contributed by atoms with Gasteiger partial charge in [-0.3, -0.25) is 4.79 Å². The number of carbonyl (C=O) groups excluding carboxylic acids is 1. The van der Waals surface area contributed by atoms with E-state index in [2.05, 4.69) is 0 Å². The van der Waals surface area contributed by atoms with Gasteiger partial charge in [0.05, 0.1) is 6.26 Å². The first kappa shape index (κ1) is 18.1. The molecule has 0 unspecified atom stereocenters. The van der Waals surface area contributed by atoms with Crippen LogP contribution in [0.4, 0.5) is 8.78 Å². The molecule has 4 aromatic rings. The minimum Gasteiger partial charge on any atom is -0.458 e. The van der Waals surface area contributed by atoms with Crippen LogP contribution in [0.15, 0.2) is 71.3 Å². The number of carbonyl (C=O) groups is 1. The van der Waals surface area contributed by atoms with Crippen molar-refractivity contribution in [2.45, 2.75) is 6.42 Å². The van der Waals surface area contributed by atoms with Crippen LogP contribution in [0.5, 0.6) is 0 Å². The third-order valence-electron chi connectivity index (χ3n) is 4.39. The maximum absolute atomic E-state index is 13.6. The van der Waals surface area contributed by atoms with Gasteiger partial charge in [0.1, 0.15) is 11.6 Å². The molecule has 0 atom stereocenters. The van der Waals surface area contributed by atoms with E-state index in [1.54, 1.807) is 24.3 Å². The topological polar surface area (TPSA) is 56.2 Å². The lowest BCUT2D eigenvalue weighted by Gasteiger charge is -2.04. The van der Waals surface area contributed by atoms with Gasteiger partial charge in [0, 0.05) is 27.3 Å². The average Bonchev–Trinajstić information content (AvgIpc) is 3.30. The van der Waals surface area contributed by atoms with E-state index in [1.807, 2.05) is 12.1 Å². The van der Waals surface area contributed by atoms with Gasteiger partial charge in [-0.05, 0) is 47.5 Å². The van der Waals surface area contributed by atoms with Gasteiger partial charge >= 0.3 is 0 Å². The predicted octanol–water partition coefficient (Wildman–Crippen LogP) is 5.64. The lowest BCUT2D eigenvalue weighted by atomic mass is 9.99. The molecule has 3 nitrogen and oxygen atoms in total. The van der Waals surface area contributed by atoms with Gasteiger partial charge in [0.25, 0.3) is 5.91 Å². The van der Waals surface area contributed by atoms with Crippen LogP contribution in [0.1, 0.15) is 21.0 Å². The van der Waals surface area contributed by atoms with E-state index in [1.165, 1.54) is 41.9 Å². The van der Waals surface area contributed by atoms with E-state index in [0.717, 1.165) is 15.3 Å². The van der Waals surface area contributed by atoms with Crippen LogP contribution in [0, 0.1) is 11.6 Å². The summed E-state index contributed by atoms with van der Waals surface area (Å²) in [7, 11) is 0. The number of hydrogen-bond acceptors (Lipinski definition) is 3. The first-order valence-electron chi connectivity index (χ1n) is 8.52. The molecule has 1 amide bonds. The Morgan fingerprint density at radius 1 is 0.964 bits per heavy atom. The fraction of sp³-hybridized carbons (Fsp3) is 0.0455. The third-order valence-corrected chi connectivity index (χ3v) is 5.53. The second-order valence-corrected chi connectivity index (χ2v) is 7.45. The van der Waals surface area contributed by atoms with Crippen LogP contribution in [-0.2, 0) is 6.42 Å². The largest absolute Gasteiger partial charge is 0.458 e. The monoisotopic (exact) mass is 395 g/mol. The summed E-state index contributed by atoms with van der Waals surface area (Å²) < 4.78 is 32.2. The maximum atomic E-state index is 13.6. The van der Waals surface area contributed by atoms with E-state index in [4.69, 9.17) is 10.2 Å². The number of nitrogens with two attached hydrogens (primary N) is 1. The second kappa shape index (κ2) is 7.40. The highest BCUT2D eigenvalue weighted by Crippen LogP contribution is 2.34. The lowest BCUT2D eigenvalue weighted by Crippen LogP contribution is -2.12. The molecule has 0 saturated carbocycles. The molecule has 0 aliphatic heterocycles. The van der Waals surface area contributed by atoms with Crippen LogP contribution in [0.25, 0.3) is 21.6 Å². The molecule has 2 N–H and O–H groups in total. The van der Waals surface area contributed by atoms with Crippen LogP contribution in [0.3, 0.4) is 0 Å². The molecule has 2 heterocycles. The molecule has 0 saturated heterocycles. The molecule has 0 radical (unpaired) electrons. The molecule has 0 spiro atoms. The normalized spacial score (nSPS) is 10.9. The van der Waals surface area contributed by atoms with Gasteiger partial charge in [-0.2, -0.15) is 0 Å². The number of hydrogen-bond donors (Lipinski definition) is 1. The molecule has 6 heteroatoms. The van der Waals surface area contributed by atoms with E-state index < -0.39 is 5.91 Å². The lowest BCUT2D eigenvalue weighted by molar-refractivity contribution is 0.0973. The van der Waals surface area contributed by atoms with Crippen LogP contribution in [-0.4, -0.2) is 5.91 Å². The van der Waals surface area contributed by atoms with E-state index in [0.29, 0.717) is 23.1 Å². The van der Waals surface area contributed by atoms with Gasteiger partial charge in [-0.1, -0.05) is 24.3 Å². The molecule has 2 aromatic carbocycles. The van der Waals surface area contributed by atoms with Crippen molar-refractivity contribution < 1.29 is 18.0 Å². The first-order chi connectivity index (χ1) is 13.5. The number of rotatable bonds is 5. The Bertz CT molecular complexity index is 1150. The quantitative estimate of drug-likeness (QED) is 0.475. The van der Waals surface area contributed by atoms with E-state index >= 15 is 0 Å². The molecule has 2 aromatic heterocycles. The summed E-state index contributed by atoms with van der Waals surface area (Å²) in [4.78, 5) is 13.8. The minimum absolute atomic E-state index is 0.0657. The van der Waals surface area contributed by atoms with E-state index in [9.17, 15) is 13.6 Å². The first-order valence-corrected chi connectivity index (χ1v) is 9.33. The fourth-order valence-electron chi connectivity index (χ4n) is 3.08. The molecule has 0 fully saturated rings. The standard InChI is InChI=1S/C22H15F2NO2S/c23-15-6-4-13(5-7-15)20-9-8-17(28-20)11-18-19(12-27-21(18)22(25)26)14-2-1-3-16(24)10-14/h1-10,12H,11H2,(H2,25,26). The van der Waals surface area contributed by atoms with Crippen LogP contribution >= 0.6 is 11.3 Å². The zero-order valence-electron chi connectivity index (χ0n) is 14.6. The fourth-order valence-corrected chi connectivity index (χ4v) is 4.10. The van der Waals surface area contributed by atoms with Gasteiger partial charge in [0.2, 0.25) is 0 Å². The molecule has 28 heavy (non-hydrogen) atoms. The van der Waals surface area contributed by atoms with Crippen molar-refractivity contribution in [1.29, 1.82) is 0 Å². The van der Waals surface area contributed by atoms with Crippen molar-refractivity contribution in [2.24, 2.45) is 5.73 Å². The summed E-state index contributed by atoms with van der Waals surface area (Å²) in [6, 6.07) is 16.2. The predicted molar refractivity (Wildman–Crippen MR) is 105 cm³/mol. The highest BCUT2D eigenvalue weighted by molar-refractivity contribution is 7.15. The van der Waals surface area contributed by atoms with Crippen molar-refractivity contribution in [2.75, 3.05) is 0 Å². The number of primary amides is 1. The van der Waals surface area contributed by atoms with Gasteiger partial charge in [-0.15, -0.1) is 11.3 Å². The summed E-state index contributed by atoms with van der Waals surface area (Å²) in [5.74, 6) is -1.27. The Labute approximate surface area is 164 Å². The van der Waals surface area contributed by atoms with Gasteiger partial charge < -0.3 is 10.2 Å². The Hall–Kier alpha value is -3.25. The average molecular weight is 395 g/mol. The van der Waals surface area contributed by atoms with Crippen molar-refractivity contribution in [3.63, 3.8) is 0 Å². The molecule has 0 aliphatic rings. The van der Waals surface area contributed by atoms with Crippen molar-refractivity contribution in [3.05, 3.63) is 94.8 Å². The summed E-state index contributed by atoms with van der Waals surface area (Å²) >= 11 is 1.53. The Morgan fingerprint density at radius 2 is 1.75 bits per heavy atom. The van der Waals surface area contributed by atoms with Crippen molar-refractivity contribution in [1.82, 2.24) is 0 Å². The number of amides is 1. The summed E-state index contributed by atoms with van der Waals surface area (Å²) in [5.41, 5.74) is 8.23. The van der Waals surface area contributed by atoms with Crippen molar-refractivity contribution >= 4 is 17.2 Å². The number of thiophene rings is 1. The smallest absolute Gasteiger partial charge is 0.284 e. The number of halogens is 2. The second-order valence-electron chi connectivity index (χ2n) is 6.28. The summed E-state index contributed by atoms with van der Waals surface area (Å²) in [6.45, 7) is 0. The Balaban J connectivity index is 1.70. The zero-order valence-corrected chi connectivity index (χ0v) is 15.4. The molecular formula is C22H15F2NO2S. The molecule has 0 bridgehead atoms. The molecular weight excluding hydrogens is 380 g/mol. The SMILES string of the molecule is NC(=O)c1occ(-c2cccc(F)c2)c1Cc1ccc(-c2ccc(F)cc2)s1. The minimum atomic E-state index is -0.673. The van der Waals surface area contributed by atoms with Gasteiger partial charge in [-0.25, -0.2) is 8.78 Å². The van der Waals surface area contributed by atoms with Gasteiger partial charge in [0.15, 0.2) is 5.76 Å².